The van der Waals surface area contributed by atoms with E-state index in [4.69, 9.17) is 10.5 Å². The van der Waals surface area contributed by atoms with Crippen LogP contribution in [-0.2, 0) is 50.1 Å². The zero-order valence-electron chi connectivity index (χ0n) is 25.8. The molecule has 0 radical (unpaired) electrons. The number of nitrogens with zero attached hydrogens (tertiary/aromatic N) is 4. The van der Waals surface area contributed by atoms with Crippen molar-refractivity contribution in [3.63, 3.8) is 0 Å². The zero-order valence-corrected chi connectivity index (χ0v) is 25.8. The number of primary amides is 1. The summed E-state index contributed by atoms with van der Waals surface area (Å²) in [7, 11) is 0. The number of ether oxygens (including phenoxy) is 1. The molecule has 2 heterocycles. The van der Waals surface area contributed by atoms with Gasteiger partial charge in [0.05, 0.1) is 31.1 Å². The molecule has 10 nitrogen and oxygen atoms in total. The lowest BCUT2D eigenvalue weighted by atomic mass is 10.1. The van der Waals surface area contributed by atoms with Crippen molar-refractivity contribution >= 4 is 23.7 Å². The van der Waals surface area contributed by atoms with Crippen LogP contribution in [0.2, 0.25) is 0 Å². The van der Waals surface area contributed by atoms with Crippen LogP contribution in [0, 0.1) is 25.5 Å². The summed E-state index contributed by atoms with van der Waals surface area (Å²) in [5.74, 6) is -4.20. The van der Waals surface area contributed by atoms with E-state index in [1.807, 2.05) is 26.0 Å². The van der Waals surface area contributed by atoms with E-state index in [1.54, 1.807) is 55.7 Å². The number of esters is 1. The molecule has 46 heavy (non-hydrogen) atoms. The molecule has 0 aliphatic rings. The van der Waals surface area contributed by atoms with Gasteiger partial charge < -0.3 is 20.3 Å². The monoisotopic (exact) mass is 631 g/mol. The van der Waals surface area contributed by atoms with E-state index in [0.29, 0.717) is 22.5 Å². The van der Waals surface area contributed by atoms with E-state index in [2.05, 4.69) is 9.97 Å². The molecule has 3 amide bonds. The number of rotatable bonds is 9. The topological polar surface area (TPSA) is 136 Å². The van der Waals surface area contributed by atoms with Gasteiger partial charge in [0.2, 0.25) is 0 Å². The molecule has 0 fully saturated rings. The molecule has 0 saturated carbocycles. The highest BCUT2D eigenvalue weighted by Gasteiger charge is 2.24. The van der Waals surface area contributed by atoms with Crippen LogP contribution in [0.1, 0.15) is 40.6 Å². The van der Waals surface area contributed by atoms with Crippen molar-refractivity contribution in [3.05, 3.63) is 130 Å². The van der Waals surface area contributed by atoms with Gasteiger partial charge in [-0.1, -0.05) is 36.4 Å². The number of hydrogen-bond donors (Lipinski definition) is 1. The number of carbonyl (C=O) groups excluding carboxylic acids is 4. The van der Waals surface area contributed by atoms with E-state index < -0.39 is 23.7 Å². The predicted molar refractivity (Wildman–Crippen MR) is 165 cm³/mol. The molecule has 0 unspecified atom stereocenters. The van der Waals surface area contributed by atoms with Crippen LogP contribution in [0.3, 0.4) is 0 Å². The van der Waals surface area contributed by atoms with E-state index in [-0.39, 0.29) is 44.4 Å². The van der Waals surface area contributed by atoms with Crippen molar-refractivity contribution in [1.82, 2.24) is 19.8 Å². The van der Waals surface area contributed by atoms with Crippen LogP contribution in [-0.4, -0.2) is 50.1 Å². The Kier molecular flexibility index (Phi) is 13.0. The van der Waals surface area contributed by atoms with Gasteiger partial charge in [0.15, 0.2) is 0 Å². The first-order valence-electron chi connectivity index (χ1n) is 14.3. The Morgan fingerprint density at radius 3 is 1.46 bits per heavy atom. The van der Waals surface area contributed by atoms with Crippen LogP contribution in [0.15, 0.2) is 85.2 Å². The average molecular weight is 632 g/mol. The average Bonchev–Trinajstić information content (AvgIpc) is 3.04. The minimum absolute atomic E-state index is 0.123. The summed E-state index contributed by atoms with van der Waals surface area (Å²) in [5, 5.41) is 0. The number of aromatic nitrogens is 2. The van der Waals surface area contributed by atoms with Crippen molar-refractivity contribution in [2.75, 3.05) is 6.61 Å². The molecule has 4 rings (SSSR count). The SMILES string of the molecule is CCOC(=O)C(=O)N(Cc1ccc(F)cc1)Cc1ncccc1C.Cc1cccnc1CN(Cc1ccc(F)cc1)C(=O)C(N)=O. The van der Waals surface area contributed by atoms with Crippen molar-refractivity contribution in [2.45, 2.75) is 47.0 Å². The number of hydrogen-bond acceptors (Lipinski definition) is 7. The fourth-order valence-corrected chi connectivity index (χ4v) is 4.23. The summed E-state index contributed by atoms with van der Waals surface area (Å²) in [6.07, 6.45) is 3.25. The standard InChI is InChI=1S/C18H19FN2O3.C16H16FN3O2/c1-3-24-18(23)17(22)21(11-14-6-8-15(19)9-7-14)12-16-13(2)5-4-10-20-16;1-11-3-2-8-19-14(11)10-20(16(22)15(18)21)9-12-4-6-13(17)7-5-12/h4-10H,3,11-12H2,1-2H3;2-8H,9-10H2,1H3,(H2,18,21). The summed E-state index contributed by atoms with van der Waals surface area (Å²) < 4.78 is 30.8. The van der Waals surface area contributed by atoms with E-state index in [9.17, 15) is 28.0 Å². The van der Waals surface area contributed by atoms with Gasteiger partial charge in [-0.15, -0.1) is 0 Å². The maximum Gasteiger partial charge on any atom is 0.397 e. The number of nitrogens with two attached hydrogens (primary N) is 1. The minimum Gasteiger partial charge on any atom is -0.459 e. The Morgan fingerprint density at radius 1 is 0.674 bits per heavy atom. The predicted octanol–water partition coefficient (Wildman–Crippen LogP) is 4.16. The first kappa shape index (κ1) is 35.0. The highest BCUT2D eigenvalue weighted by molar-refractivity contribution is 6.34. The molecule has 0 aliphatic carbocycles. The van der Waals surface area contributed by atoms with Gasteiger partial charge in [-0.25, -0.2) is 13.6 Å². The lowest BCUT2D eigenvalue weighted by Crippen LogP contribution is -2.39. The second-order valence-electron chi connectivity index (χ2n) is 10.2. The number of carbonyl (C=O) groups is 4. The molecule has 0 atom stereocenters. The fourth-order valence-electron chi connectivity index (χ4n) is 4.23. The van der Waals surface area contributed by atoms with Crippen LogP contribution >= 0.6 is 0 Å². The van der Waals surface area contributed by atoms with Gasteiger partial charge in [-0.3, -0.25) is 24.4 Å². The summed E-state index contributed by atoms with van der Waals surface area (Å²) >= 11 is 0. The van der Waals surface area contributed by atoms with Crippen molar-refractivity contribution in [1.29, 1.82) is 0 Å². The summed E-state index contributed by atoms with van der Waals surface area (Å²) in [4.78, 5) is 58.5. The van der Waals surface area contributed by atoms with Gasteiger partial charge in [0.1, 0.15) is 11.6 Å². The third kappa shape index (κ3) is 10.6. The normalized spacial score (nSPS) is 10.3. The first-order chi connectivity index (χ1) is 22.0. The molecule has 12 heteroatoms. The van der Waals surface area contributed by atoms with E-state index in [1.165, 1.54) is 34.1 Å². The molecular weight excluding hydrogens is 596 g/mol. The summed E-state index contributed by atoms with van der Waals surface area (Å²) in [6, 6.07) is 18.8. The second-order valence-corrected chi connectivity index (χ2v) is 10.2. The summed E-state index contributed by atoms with van der Waals surface area (Å²) in [6.45, 7) is 6.15. The highest BCUT2D eigenvalue weighted by Crippen LogP contribution is 2.14. The molecule has 2 aromatic heterocycles. The van der Waals surface area contributed by atoms with Crippen molar-refractivity contribution in [2.24, 2.45) is 5.73 Å². The van der Waals surface area contributed by atoms with Gasteiger partial charge >= 0.3 is 23.7 Å². The number of benzene rings is 2. The quantitative estimate of drug-likeness (QED) is 0.216. The number of aryl methyl sites for hydroxylation is 2. The second kappa shape index (κ2) is 17.1. The van der Waals surface area contributed by atoms with Gasteiger partial charge in [0.25, 0.3) is 0 Å². The molecule has 0 spiro atoms. The lowest BCUT2D eigenvalue weighted by Gasteiger charge is -2.22. The maximum atomic E-state index is 13.0. The Balaban J connectivity index is 0.000000251. The number of halogens is 2. The zero-order chi connectivity index (χ0) is 33.6. The van der Waals surface area contributed by atoms with E-state index in [0.717, 1.165) is 11.1 Å². The van der Waals surface area contributed by atoms with Gasteiger partial charge in [-0.2, -0.15) is 0 Å². The van der Waals surface area contributed by atoms with Crippen LogP contribution in [0.25, 0.3) is 0 Å². The maximum absolute atomic E-state index is 13.0. The van der Waals surface area contributed by atoms with Crippen molar-refractivity contribution in [3.8, 4) is 0 Å². The Labute approximate surface area is 265 Å². The van der Waals surface area contributed by atoms with Crippen molar-refractivity contribution < 1.29 is 32.7 Å². The van der Waals surface area contributed by atoms with Gasteiger partial charge in [0, 0.05) is 25.5 Å². The molecule has 0 bridgehead atoms. The van der Waals surface area contributed by atoms with Crippen LogP contribution in [0.4, 0.5) is 8.78 Å². The van der Waals surface area contributed by atoms with E-state index >= 15 is 0 Å². The largest absolute Gasteiger partial charge is 0.459 e. The van der Waals surface area contributed by atoms with Crippen LogP contribution < -0.4 is 5.73 Å². The minimum atomic E-state index is -1.03. The molecule has 4 aromatic rings. The first-order valence-corrected chi connectivity index (χ1v) is 14.3. The number of pyridine rings is 2. The number of amides is 3. The fraction of sp³-hybridized carbons (Fsp3) is 0.235. The van der Waals surface area contributed by atoms with Gasteiger partial charge in [-0.05, 0) is 79.4 Å². The third-order valence-electron chi connectivity index (χ3n) is 6.73. The Hall–Kier alpha value is -5.52. The third-order valence-corrected chi connectivity index (χ3v) is 6.73. The molecule has 2 aromatic carbocycles. The Bertz CT molecular complexity index is 1650. The lowest BCUT2D eigenvalue weighted by molar-refractivity contribution is -0.160. The molecule has 2 N–H and O–H groups in total. The molecule has 0 aliphatic heterocycles. The van der Waals surface area contributed by atoms with Crippen LogP contribution in [0.5, 0.6) is 0 Å². The molecular formula is C34H35F2N5O5. The smallest absolute Gasteiger partial charge is 0.397 e. The molecule has 240 valence electrons. The highest BCUT2D eigenvalue weighted by atomic mass is 19.1. The Morgan fingerprint density at radius 2 is 1.09 bits per heavy atom. The molecule has 0 saturated heterocycles. The summed E-state index contributed by atoms with van der Waals surface area (Å²) in [5.41, 5.74) is 9.70.